The van der Waals surface area contributed by atoms with Crippen LogP contribution in [0.1, 0.15) is 12.8 Å². The Kier molecular flexibility index (Phi) is 5.42. The third kappa shape index (κ3) is 3.66. The first kappa shape index (κ1) is 16.0. The molecule has 0 spiro atoms. The SMILES string of the molecule is Cl.O=C(Cn1ccccc1=O)N1CC[C@@H]2CNC[C@@H]2CC1. The first-order valence-corrected chi connectivity index (χ1v) is 7.38. The maximum Gasteiger partial charge on any atom is 0.250 e. The zero-order chi connectivity index (χ0) is 13.9. The van der Waals surface area contributed by atoms with Gasteiger partial charge in [-0.05, 0) is 43.8 Å². The van der Waals surface area contributed by atoms with Gasteiger partial charge in [0.15, 0.2) is 0 Å². The van der Waals surface area contributed by atoms with Gasteiger partial charge in [0, 0.05) is 25.4 Å². The van der Waals surface area contributed by atoms with Gasteiger partial charge >= 0.3 is 0 Å². The van der Waals surface area contributed by atoms with E-state index < -0.39 is 0 Å². The van der Waals surface area contributed by atoms with E-state index in [0.717, 1.165) is 39.0 Å². The number of fused-ring (bicyclic) bond motifs is 1. The van der Waals surface area contributed by atoms with Gasteiger partial charge in [0.25, 0.3) is 5.56 Å². The van der Waals surface area contributed by atoms with Gasteiger partial charge in [-0.15, -0.1) is 12.4 Å². The van der Waals surface area contributed by atoms with E-state index in [4.69, 9.17) is 0 Å². The minimum Gasteiger partial charge on any atom is -0.341 e. The second kappa shape index (κ2) is 7.09. The molecule has 0 aliphatic carbocycles. The second-order valence-electron chi connectivity index (χ2n) is 5.80. The first-order chi connectivity index (χ1) is 9.74. The average molecular weight is 312 g/mol. The highest BCUT2D eigenvalue weighted by Crippen LogP contribution is 2.27. The number of carbonyl (C=O) groups excluding carboxylic acids is 1. The summed E-state index contributed by atoms with van der Waals surface area (Å²) in [5, 5.41) is 3.43. The third-order valence-corrected chi connectivity index (χ3v) is 4.58. The molecule has 2 atom stereocenters. The predicted octanol–water partition coefficient (Wildman–Crippen LogP) is 0.728. The van der Waals surface area contributed by atoms with E-state index in [1.807, 2.05) is 4.90 Å². The summed E-state index contributed by atoms with van der Waals surface area (Å²) in [6, 6.07) is 4.97. The molecule has 0 bridgehead atoms. The lowest BCUT2D eigenvalue weighted by Gasteiger charge is -2.21. The van der Waals surface area contributed by atoms with Gasteiger partial charge in [-0.2, -0.15) is 0 Å². The molecule has 3 heterocycles. The molecule has 116 valence electrons. The molecule has 3 rings (SSSR count). The smallest absolute Gasteiger partial charge is 0.250 e. The van der Waals surface area contributed by atoms with Crippen LogP contribution in [0.5, 0.6) is 0 Å². The molecule has 1 amide bonds. The molecule has 2 saturated heterocycles. The van der Waals surface area contributed by atoms with Crippen molar-refractivity contribution in [3.63, 3.8) is 0 Å². The molecule has 6 heteroatoms. The fourth-order valence-corrected chi connectivity index (χ4v) is 3.30. The van der Waals surface area contributed by atoms with Gasteiger partial charge < -0.3 is 14.8 Å². The quantitative estimate of drug-likeness (QED) is 0.876. The lowest BCUT2D eigenvalue weighted by molar-refractivity contribution is -0.131. The van der Waals surface area contributed by atoms with Crippen LogP contribution in [0.25, 0.3) is 0 Å². The molecule has 2 fully saturated rings. The summed E-state index contributed by atoms with van der Waals surface area (Å²) in [6.45, 7) is 3.98. The number of nitrogens with zero attached hydrogens (tertiary/aromatic N) is 2. The van der Waals surface area contributed by atoms with Crippen molar-refractivity contribution < 1.29 is 4.79 Å². The van der Waals surface area contributed by atoms with Crippen LogP contribution in [0.3, 0.4) is 0 Å². The molecule has 5 nitrogen and oxygen atoms in total. The molecule has 0 aromatic carbocycles. The normalized spacial score (nSPS) is 24.9. The van der Waals surface area contributed by atoms with Crippen LogP contribution in [0.2, 0.25) is 0 Å². The van der Waals surface area contributed by atoms with Gasteiger partial charge in [0.2, 0.25) is 5.91 Å². The van der Waals surface area contributed by atoms with Gasteiger partial charge in [0.05, 0.1) is 0 Å². The molecular weight excluding hydrogens is 290 g/mol. The fraction of sp³-hybridized carbons (Fsp3) is 0.600. The van der Waals surface area contributed by atoms with Gasteiger partial charge in [-0.3, -0.25) is 9.59 Å². The Bertz CT molecular complexity index is 532. The molecule has 1 N–H and O–H groups in total. The molecule has 2 aliphatic rings. The van der Waals surface area contributed by atoms with E-state index in [-0.39, 0.29) is 30.4 Å². The zero-order valence-electron chi connectivity index (χ0n) is 12.0. The van der Waals surface area contributed by atoms with Crippen molar-refractivity contribution in [3.05, 3.63) is 34.7 Å². The standard InChI is InChI=1S/C15H21N3O2.ClH/c19-14-3-1-2-6-18(14)11-15(20)17-7-4-12-9-16-10-13(12)5-8-17;/h1-3,6,12-13,16H,4-5,7-11H2;1H/t12-,13+;. The van der Waals surface area contributed by atoms with Crippen molar-refractivity contribution in [2.24, 2.45) is 11.8 Å². The number of amides is 1. The topological polar surface area (TPSA) is 54.3 Å². The highest BCUT2D eigenvalue weighted by molar-refractivity contribution is 5.85. The zero-order valence-corrected chi connectivity index (χ0v) is 12.8. The van der Waals surface area contributed by atoms with Crippen molar-refractivity contribution >= 4 is 18.3 Å². The van der Waals surface area contributed by atoms with Crippen LogP contribution in [-0.4, -0.2) is 41.6 Å². The van der Waals surface area contributed by atoms with Crippen molar-refractivity contribution in [1.29, 1.82) is 0 Å². The van der Waals surface area contributed by atoms with Gasteiger partial charge in [-0.25, -0.2) is 0 Å². The molecule has 21 heavy (non-hydrogen) atoms. The lowest BCUT2D eigenvalue weighted by atomic mass is 9.92. The predicted molar refractivity (Wildman–Crippen MR) is 83.6 cm³/mol. The van der Waals surface area contributed by atoms with Crippen molar-refractivity contribution in [3.8, 4) is 0 Å². The summed E-state index contributed by atoms with van der Waals surface area (Å²) in [4.78, 5) is 25.9. The summed E-state index contributed by atoms with van der Waals surface area (Å²) < 4.78 is 1.48. The van der Waals surface area contributed by atoms with Crippen LogP contribution in [-0.2, 0) is 11.3 Å². The number of nitrogens with one attached hydrogen (secondary N) is 1. The number of rotatable bonds is 2. The third-order valence-electron chi connectivity index (χ3n) is 4.58. The Balaban J connectivity index is 0.00000161. The van der Waals surface area contributed by atoms with Crippen LogP contribution < -0.4 is 10.9 Å². The number of carbonyl (C=O) groups is 1. The van der Waals surface area contributed by atoms with Crippen molar-refractivity contribution in [1.82, 2.24) is 14.8 Å². The molecule has 2 aliphatic heterocycles. The van der Waals surface area contributed by atoms with E-state index in [1.54, 1.807) is 18.3 Å². The molecule has 1 aromatic heterocycles. The highest BCUT2D eigenvalue weighted by Gasteiger charge is 2.31. The summed E-state index contributed by atoms with van der Waals surface area (Å²) in [6.07, 6.45) is 3.83. The van der Waals surface area contributed by atoms with E-state index in [1.165, 1.54) is 10.6 Å². The highest BCUT2D eigenvalue weighted by atomic mass is 35.5. The average Bonchev–Trinajstić information content (AvgIpc) is 2.80. The van der Waals surface area contributed by atoms with E-state index in [9.17, 15) is 9.59 Å². The molecule has 1 aromatic rings. The number of hydrogen-bond acceptors (Lipinski definition) is 3. The summed E-state index contributed by atoms with van der Waals surface area (Å²) in [7, 11) is 0. The lowest BCUT2D eigenvalue weighted by Crippen LogP contribution is -2.37. The Morgan fingerprint density at radius 3 is 2.48 bits per heavy atom. The maximum absolute atomic E-state index is 12.3. The largest absolute Gasteiger partial charge is 0.341 e. The van der Waals surface area contributed by atoms with E-state index in [0.29, 0.717) is 11.8 Å². The monoisotopic (exact) mass is 311 g/mol. The Hall–Kier alpha value is -1.33. The number of likely N-dealkylation sites (tertiary alicyclic amines) is 1. The number of hydrogen-bond donors (Lipinski definition) is 1. The summed E-state index contributed by atoms with van der Waals surface area (Å²) in [5.41, 5.74) is -0.114. The van der Waals surface area contributed by atoms with Crippen LogP contribution in [0, 0.1) is 11.8 Å². The minimum absolute atomic E-state index is 0. The Morgan fingerprint density at radius 1 is 1.19 bits per heavy atom. The number of pyridine rings is 1. The molecule has 0 unspecified atom stereocenters. The van der Waals surface area contributed by atoms with Gasteiger partial charge in [0.1, 0.15) is 6.54 Å². The number of aromatic nitrogens is 1. The van der Waals surface area contributed by atoms with E-state index in [2.05, 4.69) is 5.32 Å². The Labute approximate surface area is 130 Å². The summed E-state index contributed by atoms with van der Waals surface area (Å²) >= 11 is 0. The maximum atomic E-state index is 12.3. The number of halogens is 1. The van der Waals surface area contributed by atoms with Gasteiger partial charge in [-0.1, -0.05) is 6.07 Å². The molecule has 0 saturated carbocycles. The first-order valence-electron chi connectivity index (χ1n) is 7.38. The van der Waals surface area contributed by atoms with Crippen molar-refractivity contribution in [2.75, 3.05) is 26.2 Å². The van der Waals surface area contributed by atoms with Crippen LogP contribution in [0.4, 0.5) is 0 Å². The Morgan fingerprint density at radius 2 is 1.86 bits per heavy atom. The van der Waals surface area contributed by atoms with E-state index >= 15 is 0 Å². The minimum atomic E-state index is -0.114. The molecular formula is C15H22ClN3O2. The fourth-order valence-electron chi connectivity index (χ4n) is 3.30. The van der Waals surface area contributed by atoms with Crippen LogP contribution in [0.15, 0.2) is 29.2 Å². The molecule has 0 radical (unpaired) electrons. The summed E-state index contributed by atoms with van der Waals surface area (Å²) in [5.74, 6) is 1.49. The van der Waals surface area contributed by atoms with Crippen LogP contribution >= 0.6 is 12.4 Å². The second-order valence-corrected chi connectivity index (χ2v) is 5.80. The van der Waals surface area contributed by atoms with Crippen molar-refractivity contribution in [2.45, 2.75) is 19.4 Å².